The molecule has 162 valence electrons. The van der Waals surface area contributed by atoms with Gasteiger partial charge in [0.15, 0.2) is 6.61 Å². The SMILES string of the molecule is CC[NH+]1CCN(c2ccc(/C(C)=N\NC(=O)COc3ccccc3C#N)cc2F)CC1. The van der Waals surface area contributed by atoms with Gasteiger partial charge in [-0.1, -0.05) is 18.2 Å². The number of benzene rings is 2. The number of nitrogens with one attached hydrogen (secondary N) is 2. The molecule has 2 N–H and O–H groups in total. The van der Waals surface area contributed by atoms with Crippen molar-refractivity contribution in [3.63, 3.8) is 0 Å². The Morgan fingerprint density at radius 1 is 1.29 bits per heavy atom. The van der Waals surface area contributed by atoms with Gasteiger partial charge in [-0.15, -0.1) is 0 Å². The van der Waals surface area contributed by atoms with Gasteiger partial charge >= 0.3 is 0 Å². The molecule has 0 aliphatic carbocycles. The van der Waals surface area contributed by atoms with E-state index in [9.17, 15) is 9.18 Å². The van der Waals surface area contributed by atoms with E-state index in [1.54, 1.807) is 37.3 Å². The van der Waals surface area contributed by atoms with Crippen molar-refractivity contribution in [3.8, 4) is 11.8 Å². The van der Waals surface area contributed by atoms with Crippen LogP contribution in [0.15, 0.2) is 47.6 Å². The molecular weight excluding hydrogens is 397 g/mol. The molecule has 1 amide bonds. The third kappa shape index (κ3) is 5.80. The van der Waals surface area contributed by atoms with Crippen LogP contribution >= 0.6 is 0 Å². The number of quaternary nitrogens is 1. The molecule has 1 fully saturated rings. The quantitative estimate of drug-likeness (QED) is 0.519. The highest BCUT2D eigenvalue weighted by molar-refractivity contribution is 5.99. The van der Waals surface area contributed by atoms with Gasteiger partial charge in [-0.3, -0.25) is 4.79 Å². The molecule has 0 radical (unpaired) electrons. The van der Waals surface area contributed by atoms with Crippen molar-refractivity contribution in [2.24, 2.45) is 5.10 Å². The lowest BCUT2D eigenvalue weighted by molar-refractivity contribution is -0.898. The average Bonchev–Trinajstić information content (AvgIpc) is 2.81. The fraction of sp³-hybridized carbons (Fsp3) is 0.348. The summed E-state index contributed by atoms with van der Waals surface area (Å²) >= 11 is 0. The van der Waals surface area contributed by atoms with E-state index < -0.39 is 5.91 Å². The summed E-state index contributed by atoms with van der Waals surface area (Å²) < 4.78 is 20.1. The van der Waals surface area contributed by atoms with Crippen LogP contribution in [0.25, 0.3) is 0 Å². The first kappa shape index (κ1) is 22.2. The van der Waals surface area contributed by atoms with E-state index in [2.05, 4.69) is 22.4 Å². The van der Waals surface area contributed by atoms with Gasteiger partial charge in [0.25, 0.3) is 5.91 Å². The summed E-state index contributed by atoms with van der Waals surface area (Å²) in [6.07, 6.45) is 0. The zero-order valence-corrected chi connectivity index (χ0v) is 17.8. The minimum Gasteiger partial charge on any atom is -0.482 e. The summed E-state index contributed by atoms with van der Waals surface area (Å²) in [5, 5.41) is 13.1. The first-order valence-electron chi connectivity index (χ1n) is 10.3. The molecule has 0 unspecified atom stereocenters. The van der Waals surface area contributed by atoms with Crippen molar-refractivity contribution in [1.29, 1.82) is 5.26 Å². The maximum atomic E-state index is 14.7. The number of nitrogens with zero attached hydrogens (tertiary/aromatic N) is 3. The number of hydrogen-bond donors (Lipinski definition) is 2. The van der Waals surface area contributed by atoms with Crippen molar-refractivity contribution < 1.29 is 18.8 Å². The van der Waals surface area contributed by atoms with E-state index >= 15 is 0 Å². The molecule has 0 atom stereocenters. The number of piperazine rings is 1. The van der Waals surface area contributed by atoms with E-state index in [0.29, 0.717) is 28.3 Å². The molecule has 0 saturated carbocycles. The van der Waals surface area contributed by atoms with Crippen LogP contribution < -0.4 is 20.0 Å². The van der Waals surface area contributed by atoms with Gasteiger partial charge in [0.1, 0.15) is 17.6 Å². The van der Waals surface area contributed by atoms with Crippen molar-refractivity contribution >= 4 is 17.3 Å². The van der Waals surface area contributed by atoms with E-state index in [0.717, 1.165) is 32.7 Å². The third-order valence-corrected chi connectivity index (χ3v) is 5.39. The summed E-state index contributed by atoms with van der Waals surface area (Å²) in [5.74, 6) is -0.435. The summed E-state index contributed by atoms with van der Waals surface area (Å²) in [6.45, 7) is 8.34. The number of para-hydroxylation sites is 1. The van der Waals surface area contributed by atoms with Crippen LogP contribution in [0.2, 0.25) is 0 Å². The van der Waals surface area contributed by atoms with E-state index in [1.807, 2.05) is 12.1 Å². The fourth-order valence-corrected chi connectivity index (χ4v) is 3.48. The number of likely N-dealkylation sites (N-methyl/N-ethyl adjacent to an activating group) is 1. The third-order valence-electron chi connectivity index (χ3n) is 5.39. The molecule has 8 heteroatoms. The van der Waals surface area contributed by atoms with Gasteiger partial charge in [-0.25, -0.2) is 9.82 Å². The molecule has 7 nitrogen and oxygen atoms in total. The predicted octanol–water partition coefficient (Wildman–Crippen LogP) is 1.34. The Morgan fingerprint density at radius 2 is 2.03 bits per heavy atom. The van der Waals surface area contributed by atoms with Crippen molar-refractivity contribution in [3.05, 3.63) is 59.4 Å². The number of carbonyl (C=O) groups excluding carboxylic acids is 1. The Kier molecular flexibility index (Phi) is 7.57. The summed E-state index contributed by atoms with van der Waals surface area (Å²) in [5.41, 5.74) is 4.43. The smallest absolute Gasteiger partial charge is 0.277 e. The second-order valence-electron chi connectivity index (χ2n) is 7.39. The topological polar surface area (TPSA) is 82.2 Å². The minimum atomic E-state index is -0.472. The molecule has 1 aliphatic rings. The molecule has 2 aromatic rings. The van der Waals surface area contributed by atoms with Crippen LogP contribution in [-0.2, 0) is 4.79 Å². The van der Waals surface area contributed by atoms with Crippen LogP contribution in [0.1, 0.15) is 25.0 Å². The van der Waals surface area contributed by atoms with Crippen LogP contribution in [0.5, 0.6) is 5.75 Å². The molecule has 1 saturated heterocycles. The lowest BCUT2D eigenvalue weighted by Crippen LogP contribution is -3.14. The Morgan fingerprint density at radius 3 is 2.71 bits per heavy atom. The van der Waals surface area contributed by atoms with Crippen molar-refractivity contribution in [2.75, 3.05) is 44.2 Å². The van der Waals surface area contributed by atoms with Gasteiger partial charge in [0.2, 0.25) is 0 Å². The average molecular weight is 425 g/mol. The lowest BCUT2D eigenvalue weighted by Gasteiger charge is -2.33. The number of hydrogen-bond acceptors (Lipinski definition) is 5. The van der Waals surface area contributed by atoms with Gasteiger partial charge in [0.05, 0.1) is 49.7 Å². The number of ether oxygens (including phenoxy) is 1. The van der Waals surface area contributed by atoms with Gasteiger partial charge in [-0.05, 0) is 38.1 Å². The van der Waals surface area contributed by atoms with E-state index in [-0.39, 0.29) is 12.4 Å². The number of amides is 1. The van der Waals surface area contributed by atoms with Crippen LogP contribution in [-0.4, -0.2) is 50.9 Å². The number of carbonyl (C=O) groups is 1. The van der Waals surface area contributed by atoms with E-state index in [4.69, 9.17) is 10.00 Å². The molecule has 0 aromatic heterocycles. The Balaban J connectivity index is 1.57. The van der Waals surface area contributed by atoms with Crippen molar-refractivity contribution in [1.82, 2.24) is 5.43 Å². The summed E-state index contributed by atoms with van der Waals surface area (Å²) in [6, 6.07) is 13.7. The molecular formula is C23H27FN5O2+. The van der Waals surface area contributed by atoms with Crippen LogP contribution in [0.3, 0.4) is 0 Å². The first-order valence-corrected chi connectivity index (χ1v) is 10.3. The fourth-order valence-electron chi connectivity index (χ4n) is 3.48. The molecule has 1 aliphatic heterocycles. The van der Waals surface area contributed by atoms with E-state index in [1.165, 1.54) is 11.0 Å². The molecule has 0 spiro atoms. The first-order chi connectivity index (χ1) is 15.0. The Hall–Kier alpha value is -3.44. The standard InChI is InChI=1S/C23H26FN5O2/c1-3-28-10-12-29(13-11-28)21-9-8-18(14-20(21)24)17(2)26-27-23(30)16-31-22-7-5-4-6-19(22)15-25/h4-9,14H,3,10-13,16H2,1-2H3,(H,27,30)/p+1/b26-17-. The molecule has 2 aromatic carbocycles. The molecule has 1 heterocycles. The largest absolute Gasteiger partial charge is 0.482 e. The monoisotopic (exact) mass is 424 g/mol. The second kappa shape index (κ2) is 10.5. The predicted molar refractivity (Wildman–Crippen MR) is 117 cm³/mol. The zero-order valence-electron chi connectivity index (χ0n) is 17.8. The van der Waals surface area contributed by atoms with Gasteiger partial charge in [0, 0.05) is 5.56 Å². The number of anilines is 1. The zero-order chi connectivity index (χ0) is 22.2. The molecule has 31 heavy (non-hydrogen) atoms. The van der Waals surface area contributed by atoms with Crippen molar-refractivity contribution in [2.45, 2.75) is 13.8 Å². The summed E-state index contributed by atoms with van der Waals surface area (Å²) in [7, 11) is 0. The molecule has 0 bridgehead atoms. The molecule has 3 rings (SSSR count). The van der Waals surface area contributed by atoms with Gasteiger partial charge < -0.3 is 14.5 Å². The minimum absolute atomic E-state index is 0.283. The maximum Gasteiger partial charge on any atom is 0.277 e. The Bertz CT molecular complexity index is 994. The van der Waals surface area contributed by atoms with Gasteiger partial charge in [-0.2, -0.15) is 10.4 Å². The highest BCUT2D eigenvalue weighted by atomic mass is 19.1. The van der Waals surface area contributed by atoms with Crippen LogP contribution in [0, 0.1) is 17.1 Å². The lowest BCUT2D eigenvalue weighted by atomic mass is 10.1. The second-order valence-corrected chi connectivity index (χ2v) is 7.39. The number of hydrazone groups is 1. The highest BCUT2D eigenvalue weighted by Gasteiger charge is 2.21. The highest BCUT2D eigenvalue weighted by Crippen LogP contribution is 2.21. The van der Waals surface area contributed by atoms with Crippen LogP contribution in [0.4, 0.5) is 10.1 Å². The number of rotatable bonds is 7. The number of halogens is 1. The summed E-state index contributed by atoms with van der Waals surface area (Å²) in [4.78, 5) is 15.6. The number of nitriles is 1. The Labute approximate surface area is 181 Å². The normalized spacial score (nSPS) is 14.8. The maximum absolute atomic E-state index is 14.7.